The number of halogens is 1. The molecule has 2 aliphatic rings. The maximum absolute atomic E-state index is 14.8. The molecule has 0 aliphatic carbocycles. The highest BCUT2D eigenvalue weighted by Crippen LogP contribution is 2.39. The van der Waals surface area contributed by atoms with Gasteiger partial charge in [0, 0.05) is 11.1 Å². The first kappa shape index (κ1) is 21.2. The number of morpholine rings is 1. The van der Waals surface area contributed by atoms with E-state index in [9.17, 15) is 19.1 Å². The molecule has 7 heteroatoms. The van der Waals surface area contributed by atoms with Crippen molar-refractivity contribution in [3.8, 4) is 0 Å². The average Bonchev–Trinajstić information content (AvgIpc) is 3.03. The number of amides is 1. The molecule has 0 bridgehead atoms. The topological polar surface area (TPSA) is 71.3 Å². The number of rotatable bonds is 5. The normalized spacial score (nSPS) is 21.6. The summed E-state index contributed by atoms with van der Waals surface area (Å²) < 4.78 is 20.2. The highest BCUT2D eigenvalue weighted by Gasteiger charge is 2.47. The molecule has 0 radical (unpaired) electrons. The van der Waals surface area contributed by atoms with Gasteiger partial charge in [0.15, 0.2) is 0 Å². The van der Waals surface area contributed by atoms with Crippen molar-refractivity contribution in [3.63, 3.8) is 0 Å². The van der Waals surface area contributed by atoms with Gasteiger partial charge >= 0.3 is 0 Å². The Kier molecular flexibility index (Phi) is 6.15. The number of hydrogen-bond acceptors (Lipinski definition) is 4. The summed E-state index contributed by atoms with van der Waals surface area (Å²) in [6, 6.07) is 12.1. The van der Waals surface area contributed by atoms with Crippen LogP contribution in [0.15, 0.2) is 54.1 Å². The lowest BCUT2D eigenvalue weighted by molar-refractivity contribution is -0.907. The van der Waals surface area contributed by atoms with Gasteiger partial charge in [0.25, 0.3) is 11.7 Å². The minimum Gasteiger partial charge on any atom is -0.507 e. The molecule has 2 aromatic rings. The minimum atomic E-state index is -0.969. The van der Waals surface area contributed by atoms with Crippen molar-refractivity contribution < 1.29 is 28.7 Å². The molecule has 31 heavy (non-hydrogen) atoms. The fourth-order valence-electron chi connectivity index (χ4n) is 4.19. The lowest BCUT2D eigenvalue weighted by atomic mass is 9.94. The van der Waals surface area contributed by atoms with E-state index in [4.69, 9.17) is 4.74 Å². The maximum Gasteiger partial charge on any atom is 0.295 e. The van der Waals surface area contributed by atoms with Gasteiger partial charge in [-0.2, -0.15) is 0 Å². The predicted octanol–water partition coefficient (Wildman–Crippen LogP) is 1.47. The Morgan fingerprint density at radius 2 is 1.81 bits per heavy atom. The lowest BCUT2D eigenvalue weighted by Crippen LogP contribution is -3.14. The van der Waals surface area contributed by atoms with Crippen LogP contribution in [0.5, 0.6) is 0 Å². The van der Waals surface area contributed by atoms with E-state index in [2.05, 4.69) is 0 Å². The number of nitrogens with one attached hydrogen (secondary N) is 1. The van der Waals surface area contributed by atoms with Crippen molar-refractivity contribution in [3.05, 3.63) is 76.6 Å². The third kappa shape index (κ3) is 4.24. The van der Waals surface area contributed by atoms with Crippen LogP contribution in [0.3, 0.4) is 0 Å². The number of ether oxygens (including phenoxy) is 1. The Hall–Kier alpha value is -3.03. The van der Waals surface area contributed by atoms with Crippen LogP contribution >= 0.6 is 0 Å². The number of hydrogen-bond donors (Lipinski definition) is 2. The summed E-state index contributed by atoms with van der Waals surface area (Å²) in [6.07, 6.45) is 0. The van der Waals surface area contributed by atoms with E-state index in [1.807, 2.05) is 19.1 Å². The number of aliphatic hydroxyl groups is 1. The molecule has 0 unspecified atom stereocenters. The fraction of sp³-hybridized carbons (Fsp3) is 0.333. The number of nitrogens with zero attached hydrogens (tertiary/aromatic N) is 1. The van der Waals surface area contributed by atoms with Gasteiger partial charge < -0.3 is 19.6 Å². The molecule has 6 nitrogen and oxygen atoms in total. The van der Waals surface area contributed by atoms with Crippen LogP contribution in [-0.2, 0) is 14.3 Å². The molecule has 2 aliphatic heterocycles. The van der Waals surface area contributed by atoms with Crippen LogP contribution < -0.4 is 4.90 Å². The summed E-state index contributed by atoms with van der Waals surface area (Å²) >= 11 is 0. The van der Waals surface area contributed by atoms with E-state index in [-0.39, 0.29) is 23.4 Å². The summed E-state index contributed by atoms with van der Waals surface area (Å²) in [5.74, 6) is -2.31. The fourth-order valence-corrected chi connectivity index (χ4v) is 4.19. The molecule has 1 atom stereocenters. The Labute approximate surface area is 180 Å². The molecule has 0 aromatic heterocycles. The molecule has 0 spiro atoms. The van der Waals surface area contributed by atoms with E-state index < -0.39 is 23.5 Å². The van der Waals surface area contributed by atoms with Gasteiger partial charge in [-0.25, -0.2) is 4.39 Å². The monoisotopic (exact) mass is 425 g/mol. The van der Waals surface area contributed by atoms with E-state index in [0.29, 0.717) is 25.3 Å². The Morgan fingerprint density at radius 1 is 1.13 bits per heavy atom. The van der Waals surface area contributed by atoms with Crippen molar-refractivity contribution in [1.82, 2.24) is 4.90 Å². The zero-order valence-electron chi connectivity index (χ0n) is 17.4. The lowest BCUT2D eigenvalue weighted by Gasteiger charge is -2.29. The summed E-state index contributed by atoms with van der Waals surface area (Å²) in [4.78, 5) is 28.6. The standard InChI is InChI=1S/C24H25FN2O4/c1-16-6-8-17(9-7-16)22(28)20-21(18-4-2-3-5-19(18)25)27(24(30)23(20)29)11-10-26-12-14-31-15-13-26/h2-9,21,28H,10-15H2,1H3/p+1/t21-/m1/s1. The molecule has 162 valence electrons. The zero-order valence-corrected chi connectivity index (χ0v) is 17.4. The highest BCUT2D eigenvalue weighted by molar-refractivity contribution is 6.46. The van der Waals surface area contributed by atoms with Crippen LogP contribution in [0.25, 0.3) is 5.76 Å². The molecule has 2 fully saturated rings. The van der Waals surface area contributed by atoms with Crippen LogP contribution in [0.1, 0.15) is 22.7 Å². The number of likely N-dealkylation sites (tertiary alicyclic amines) is 1. The summed E-state index contributed by atoms with van der Waals surface area (Å²) in [5, 5.41) is 11.0. The Balaban J connectivity index is 1.75. The van der Waals surface area contributed by atoms with Crippen LogP contribution in [0, 0.1) is 12.7 Å². The number of benzene rings is 2. The van der Waals surface area contributed by atoms with E-state index in [0.717, 1.165) is 18.7 Å². The first-order valence-electron chi connectivity index (χ1n) is 10.5. The number of ketones is 1. The summed E-state index contributed by atoms with van der Waals surface area (Å²) in [5.41, 5.74) is 1.54. The third-order valence-corrected chi connectivity index (χ3v) is 5.97. The molecule has 0 saturated carbocycles. The summed E-state index contributed by atoms with van der Waals surface area (Å²) in [7, 11) is 0. The quantitative estimate of drug-likeness (QED) is 0.433. The molecule has 1 amide bonds. The van der Waals surface area contributed by atoms with E-state index >= 15 is 0 Å². The maximum atomic E-state index is 14.8. The molecule has 2 saturated heterocycles. The average molecular weight is 425 g/mol. The second kappa shape index (κ2) is 8.99. The van der Waals surface area contributed by atoms with Crippen molar-refractivity contribution in [2.24, 2.45) is 0 Å². The number of Topliss-reactive ketones (excluding diaryl/α,β-unsaturated/α-hetero) is 1. The van der Waals surface area contributed by atoms with Gasteiger partial charge in [-0.05, 0) is 13.0 Å². The third-order valence-electron chi connectivity index (χ3n) is 5.97. The van der Waals surface area contributed by atoms with Crippen molar-refractivity contribution >= 4 is 17.4 Å². The number of quaternary nitrogens is 1. The molecule has 2 N–H and O–H groups in total. The van der Waals surface area contributed by atoms with Gasteiger partial charge in [-0.15, -0.1) is 0 Å². The van der Waals surface area contributed by atoms with Crippen molar-refractivity contribution in [2.45, 2.75) is 13.0 Å². The van der Waals surface area contributed by atoms with Gasteiger partial charge in [0.1, 0.15) is 24.7 Å². The van der Waals surface area contributed by atoms with Gasteiger partial charge in [-0.3, -0.25) is 9.59 Å². The SMILES string of the molecule is Cc1ccc(C(O)=C2C(=O)C(=O)N(CC[NH+]3CCOCC3)[C@@H]2c2ccccc2F)cc1. The Morgan fingerprint density at radius 3 is 2.48 bits per heavy atom. The summed E-state index contributed by atoms with van der Waals surface area (Å²) in [6.45, 7) is 5.75. The molecule has 2 heterocycles. The minimum absolute atomic E-state index is 0.0732. The number of carbonyl (C=O) groups is 2. The van der Waals surface area contributed by atoms with Crippen LogP contribution in [0.4, 0.5) is 4.39 Å². The van der Waals surface area contributed by atoms with Crippen LogP contribution in [-0.4, -0.2) is 61.1 Å². The zero-order chi connectivity index (χ0) is 22.0. The van der Waals surface area contributed by atoms with Gasteiger partial charge in [0.2, 0.25) is 0 Å². The van der Waals surface area contributed by atoms with Crippen molar-refractivity contribution in [1.29, 1.82) is 0 Å². The first-order chi connectivity index (χ1) is 15.0. The number of carbonyl (C=O) groups excluding carboxylic acids is 2. The molecule has 2 aromatic carbocycles. The second-order valence-electron chi connectivity index (χ2n) is 7.99. The molecular formula is C24H26FN2O4+. The van der Waals surface area contributed by atoms with Gasteiger partial charge in [-0.1, -0.05) is 48.0 Å². The largest absolute Gasteiger partial charge is 0.507 e. The Bertz CT molecular complexity index is 1010. The number of aryl methyl sites for hydroxylation is 1. The molecular weight excluding hydrogens is 399 g/mol. The second-order valence-corrected chi connectivity index (χ2v) is 7.99. The van der Waals surface area contributed by atoms with Gasteiger partial charge in [0.05, 0.1) is 37.9 Å². The first-order valence-corrected chi connectivity index (χ1v) is 10.5. The predicted molar refractivity (Wildman–Crippen MR) is 113 cm³/mol. The van der Waals surface area contributed by atoms with E-state index in [1.165, 1.54) is 15.9 Å². The molecule has 4 rings (SSSR count). The van der Waals surface area contributed by atoms with Crippen LogP contribution in [0.2, 0.25) is 0 Å². The van der Waals surface area contributed by atoms with E-state index in [1.54, 1.807) is 30.3 Å². The van der Waals surface area contributed by atoms with Crippen molar-refractivity contribution in [2.75, 3.05) is 39.4 Å². The number of aliphatic hydroxyl groups excluding tert-OH is 1. The smallest absolute Gasteiger partial charge is 0.295 e. The highest BCUT2D eigenvalue weighted by atomic mass is 19.1.